The Balaban J connectivity index is 1.87. The van der Waals surface area contributed by atoms with Gasteiger partial charge in [0.25, 0.3) is 0 Å². The molecule has 2 rings (SSSR count). The van der Waals surface area contributed by atoms with Crippen LogP contribution in [0.3, 0.4) is 0 Å². The van der Waals surface area contributed by atoms with Gasteiger partial charge in [0.15, 0.2) is 0 Å². The molecule has 1 aromatic carbocycles. The molecule has 0 bridgehead atoms. The summed E-state index contributed by atoms with van der Waals surface area (Å²) in [5, 5.41) is 6.04. The number of ether oxygens (including phenoxy) is 3. The Morgan fingerprint density at radius 1 is 1.38 bits per heavy atom. The summed E-state index contributed by atoms with van der Waals surface area (Å²) in [5.41, 5.74) is 0.720. The quantitative estimate of drug-likeness (QED) is 0.735. The van der Waals surface area contributed by atoms with Crippen LogP contribution in [0, 0.1) is 0 Å². The predicted molar refractivity (Wildman–Crippen MR) is 79.6 cm³/mol. The molecule has 6 heteroatoms. The highest BCUT2D eigenvalue weighted by Crippen LogP contribution is 2.18. The Labute approximate surface area is 124 Å². The number of nitrogens with one attached hydrogen (secondary N) is 2. The van der Waals surface area contributed by atoms with Crippen LogP contribution in [-0.4, -0.2) is 52.0 Å². The standard InChI is InChI=1S/C15H22N2O4/c1-19-6-7-21-12-5-3-4-11(8-12)17-15(18)14-9-13(20-2)10-16-14/h3-5,8,13-14,16H,6-7,9-10H2,1-2H3,(H,17,18). The second-order valence-electron chi connectivity index (χ2n) is 4.91. The fraction of sp³-hybridized carbons (Fsp3) is 0.533. The van der Waals surface area contributed by atoms with Crippen LogP contribution in [-0.2, 0) is 14.3 Å². The SMILES string of the molecule is COCCOc1cccc(NC(=O)C2CC(OC)CN2)c1. The van der Waals surface area contributed by atoms with Gasteiger partial charge in [0.05, 0.1) is 18.8 Å². The summed E-state index contributed by atoms with van der Waals surface area (Å²) >= 11 is 0. The molecule has 21 heavy (non-hydrogen) atoms. The monoisotopic (exact) mass is 294 g/mol. The molecule has 1 heterocycles. The number of carbonyl (C=O) groups excluding carboxylic acids is 1. The Bertz CT molecular complexity index is 467. The zero-order chi connectivity index (χ0) is 15.1. The van der Waals surface area contributed by atoms with Crippen LogP contribution in [0.15, 0.2) is 24.3 Å². The largest absolute Gasteiger partial charge is 0.491 e. The van der Waals surface area contributed by atoms with E-state index in [1.807, 2.05) is 18.2 Å². The molecule has 2 N–H and O–H groups in total. The molecule has 0 aliphatic carbocycles. The van der Waals surface area contributed by atoms with E-state index in [2.05, 4.69) is 10.6 Å². The molecule has 116 valence electrons. The third kappa shape index (κ3) is 4.70. The minimum Gasteiger partial charge on any atom is -0.491 e. The van der Waals surface area contributed by atoms with Gasteiger partial charge in [-0.25, -0.2) is 0 Å². The average Bonchev–Trinajstić information content (AvgIpc) is 2.97. The number of amides is 1. The van der Waals surface area contributed by atoms with E-state index in [4.69, 9.17) is 14.2 Å². The van der Waals surface area contributed by atoms with Gasteiger partial charge in [-0.15, -0.1) is 0 Å². The summed E-state index contributed by atoms with van der Waals surface area (Å²) < 4.78 is 15.7. The Morgan fingerprint density at radius 2 is 2.24 bits per heavy atom. The molecule has 0 spiro atoms. The lowest BCUT2D eigenvalue weighted by molar-refractivity contribution is -0.118. The molecule has 1 aliphatic heterocycles. The average molecular weight is 294 g/mol. The first-order valence-corrected chi connectivity index (χ1v) is 7.01. The lowest BCUT2D eigenvalue weighted by Crippen LogP contribution is -2.35. The van der Waals surface area contributed by atoms with Crippen LogP contribution in [0.1, 0.15) is 6.42 Å². The first kappa shape index (κ1) is 15.8. The van der Waals surface area contributed by atoms with Gasteiger partial charge in [0.1, 0.15) is 12.4 Å². The van der Waals surface area contributed by atoms with Crippen molar-refractivity contribution < 1.29 is 19.0 Å². The number of rotatable bonds is 7. The summed E-state index contributed by atoms with van der Waals surface area (Å²) in [4.78, 5) is 12.2. The van der Waals surface area contributed by atoms with Crippen molar-refractivity contribution >= 4 is 11.6 Å². The second kappa shape index (κ2) is 7.97. The highest BCUT2D eigenvalue weighted by atomic mass is 16.5. The Hall–Kier alpha value is -1.63. The van der Waals surface area contributed by atoms with Gasteiger partial charge >= 0.3 is 0 Å². The molecule has 1 aromatic rings. The maximum Gasteiger partial charge on any atom is 0.241 e. The smallest absolute Gasteiger partial charge is 0.241 e. The number of hydrogen-bond acceptors (Lipinski definition) is 5. The molecule has 1 saturated heterocycles. The summed E-state index contributed by atoms with van der Waals surface area (Å²) in [6.45, 7) is 1.71. The summed E-state index contributed by atoms with van der Waals surface area (Å²) in [6.07, 6.45) is 0.788. The number of benzene rings is 1. The van der Waals surface area contributed by atoms with E-state index in [1.54, 1.807) is 20.3 Å². The maximum absolute atomic E-state index is 12.2. The molecule has 6 nitrogen and oxygen atoms in total. The van der Waals surface area contributed by atoms with Crippen molar-refractivity contribution in [3.05, 3.63) is 24.3 Å². The zero-order valence-electron chi connectivity index (χ0n) is 12.4. The van der Waals surface area contributed by atoms with Crippen LogP contribution in [0.4, 0.5) is 5.69 Å². The van der Waals surface area contributed by atoms with Gasteiger partial charge in [-0.1, -0.05) is 6.07 Å². The van der Waals surface area contributed by atoms with E-state index in [9.17, 15) is 4.79 Å². The lowest BCUT2D eigenvalue weighted by atomic mass is 10.2. The third-order valence-corrected chi connectivity index (χ3v) is 3.40. The second-order valence-corrected chi connectivity index (χ2v) is 4.91. The molecule has 0 aromatic heterocycles. The fourth-order valence-corrected chi connectivity index (χ4v) is 2.22. The first-order chi connectivity index (χ1) is 10.2. The first-order valence-electron chi connectivity index (χ1n) is 7.01. The Kier molecular flexibility index (Phi) is 5.98. The maximum atomic E-state index is 12.2. The van der Waals surface area contributed by atoms with E-state index >= 15 is 0 Å². The summed E-state index contributed by atoms with van der Waals surface area (Å²) in [6, 6.07) is 7.12. The van der Waals surface area contributed by atoms with E-state index in [1.165, 1.54) is 0 Å². The van der Waals surface area contributed by atoms with Gasteiger partial charge in [-0.2, -0.15) is 0 Å². The fourth-order valence-electron chi connectivity index (χ4n) is 2.22. The van der Waals surface area contributed by atoms with Crippen molar-refractivity contribution in [2.45, 2.75) is 18.6 Å². The van der Waals surface area contributed by atoms with Crippen molar-refractivity contribution in [3.8, 4) is 5.75 Å². The van der Waals surface area contributed by atoms with Crippen LogP contribution < -0.4 is 15.4 Å². The highest BCUT2D eigenvalue weighted by Gasteiger charge is 2.29. The number of hydrogen-bond donors (Lipinski definition) is 2. The lowest BCUT2D eigenvalue weighted by Gasteiger charge is -2.12. The molecule has 1 fully saturated rings. The van der Waals surface area contributed by atoms with E-state index in [-0.39, 0.29) is 18.1 Å². The predicted octanol–water partition coefficient (Wildman–Crippen LogP) is 1.03. The van der Waals surface area contributed by atoms with Gasteiger partial charge in [0, 0.05) is 32.5 Å². The van der Waals surface area contributed by atoms with E-state index in [0.717, 1.165) is 5.69 Å². The van der Waals surface area contributed by atoms with Crippen molar-refractivity contribution in [1.82, 2.24) is 5.32 Å². The van der Waals surface area contributed by atoms with Crippen molar-refractivity contribution in [3.63, 3.8) is 0 Å². The molecule has 2 atom stereocenters. The molecule has 2 unspecified atom stereocenters. The number of anilines is 1. The van der Waals surface area contributed by atoms with Crippen molar-refractivity contribution in [2.75, 3.05) is 39.3 Å². The van der Waals surface area contributed by atoms with Crippen LogP contribution in [0.25, 0.3) is 0 Å². The number of methoxy groups -OCH3 is 2. The Morgan fingerprint density at radius 3 is 2.95 bits per heavy atom. The zero-order valence-corrected chi connectivity index (χ0v) is 12.4. The third-order valence-electron chi connectivity index (χ3n) is 3.40. The minimum atomic E-state index is -0.215. The van der Waals surface area contributed by atoms with E-state index < -0.39 is 0 Å². The van der Waals surface area contributed by atoms with Gasteiger partial charge in [-0.05, 0) is 18.6 Å². The molecule has 1 amide bonds. The van der Waals surface area contributed by atoms with Crippen LogP contribution >= 0.6 is 0 Å². The molecular weight excluding hydrogens is 272 g/mol. The summed E-state index contributed by atoms with van der Waals surface area (Å²) in [5.74, 6) is 0.655. The molecular formula is C15H22N2O4. The van der Waals surface area contributed by atoms with Crippen LogP contribution in [0.5, 0.6) is 5.75 Å². The van der Waals surface area contributed by atoms with Crippen molar-refractivity contribution in [1.29, 1.82) is 0 Å². The topological polar surface area (TPSA) is 68.8 Å². The minimum absolute atomic E-state index is 0.0522. The molecule has 0 saturated carbocycles. The summed E-state index contributed by atoms with van der Waals surface area (Å²) in [7, 11) is 3.29. The van der Waals surface area contributed by atoms with Gasteiger partial charge < -0.3 is 24.8 Å². The number of carbonyl (C=O) groups is 1. The normalized spacial score (nSPS) is 21.2. The highest BCUT2D eigenvalue weighted by molar-refractivity contribution is 5.95. The molecule has 1 aliphatic rings. The van der Waals surface area contributed by atoms with Crippen LogP contribution in [0.2, 0.25) is 0 Å². The molecule has 0 radical (unpaired) electrons. The van der Waals surface area contributed by atoms with Gasteiger partial charge in [-0.3, -0.25) is 4.79 Å². The van der Waals surface area contributed by atoms with E-state index in [0.29, 0.717) is 31.9 Å². The van der Waals surface area contributed by atoms with Crippen molar-refractivity contribution in [2.24, 2.45) is 0 Å². The van der Waals surface area contributed by atoms with Gasteiger partial charge in [0.2, 0.25) is 5.91 Å².